The number of nitrogens with one attached hydrogen (secondary N) is 1. The molecule has 154 valence electrons. The van der Waals surface area contributed by atoms with Crippen molar-refractivity contribution in [2.75, 3.05) is 19.5 Å². The Bertz CT molecular complexity index is 1090. The van der Waals surface area contributed by atoms with Gasteiger partial charge in [-0.05, 0) is 61.4 Å². The highest BCUT2D eigenvalue weighted by Gasteiger charge is 2.17. The lowest BCUT2D eigenvalue weighted by atomic mass is 10.1. The highest BCUT2D eigenvalue weighted by atomic mass is 16.5. The van der Waals surface area contributed by atoms with Crippen molar-refractivity contribution in [3.8, 4) is 11.3 Å². The zero-order chi connectivity index (χ0) is 21.8. The topological polar surface area (TPSA) is 94.8 Å². The van der Waals surface area contributed by atoms with Gasteiger partial charge in [0.1, 0.15) is 5.76 Å². The predicted octanol–water partition coefficient (Wildman–Crippen LogP) is 4.39. The molecule has 0 aliphatic rings. The number of esters is 2. The van der Waals surface area contributed by atoms with E-state index in [0.717, 1.165) is 16.7 Å². The first-order valence-electron chi connectivity index (χ1n) is 9.13. The number of ether oxygens (including phenoxy) is 2. The minimum Gasteiger partial charge on any atom is -0.465 e. The second-order valence-electron chi connectivity index (χ2n) is 6.70. The highest BCUT2D eigenvalue weighted by Crippen LogP contribution is 2.25. The lowest BCUT2D eigenvalue weighted by Crippen LogP contribution is -2.13. The Kier molecular flexibility index (Phi) is 6.01. The maximum absolute atomic E-state index is 12.6. The van der Waals surface area contributed by atoms with Crippen molar-refractivity contribution in [1.29, 1.82) is 0 Å². The zero-order valence-electron chi connectivity index (χ0n) is 17.1. The monoisotopic (exact) mass is 407 g/mol. The van der Waals surface area contributed by atoms with Gasteiger partial charge in [-0.15, -0.1) is 0 Å². The highest BCUT2D eigenvalue weighted by molar-refractivity contribution is 6.04. The van der Waals surface area contributed by atoms with Crippen molar-refractivity contribution in [2.24, 2.45) is 0 Å². The quantitative estimate of drug-likeness (QED) is 0.631. The van der Waals surface area contributed by atoms with Crippen molar-refractivity contribution < 1.29 is 28.3 Å². The summed E-state index contributed by atoms with van der Waals surface area (Å²) in [5, 5.41) is 2.63. The summed E-state index contributed by atoms with van der Waals surface area (Å²) in [5.74, 6) is -1.17. The Balaban J connectivity index is 1.87. The van der Waals surface area contributed by atoms with Crippen molar-refractivity contribution in [2.45, 2.75) is 13.8 Å². The molecular weight excluding hydrogens is 386 g/mol. The first-order chi connectivity index (χ1) is 14.3. The van der Waals surface area contributed by atoms with E-state index in [0.29, 0.717) is 5.76 Å². The molecule has 0 saturated heterocycles. The van der Waals surface area contributed by atoms with Crippen LogP contribution in [0, 0.1) is 13.8 Å². The third-order valence-corrected chi connectivity index (χ3v) is 4.65. The predicted molar refractivity (Wildman–Crippen MR) is 111 cm³/mol. The smallest absolute Gasteiger partial charge is 0.337 e. The van der Waals surface area contributed by atoms with Crippen LogP contribution >= 0.6 is 0 Å². The van der Waals surface area contributed by atoms with Crippen LogP contribution in [0.4, 0.5) is 5.69 Å². The number of rotatable bonds is 5. The Morgan fingerprint density at radius 3 is 2.00 bits per heavy atom. The molecule has 7 heteroatoms. The van der Waals surface area contributed by atoms with Gasteiger partial charge in [-0.1, -0.05) is 12.1 Å². The summed E-state index contributed by atoms with van der Waals surface area (Å²) in [6.45, 7) is 4.02. The molecule has 0 atom stereocenters. The van der Waals surface area contributed by atoms with Crippen LogP contribution in [0.25, 0.3) is 11.3 Å². The molecular formula is C23H21NO6. The van der Waals surface area contributed by atoms with E-state index in [1.165, 1.54) is 32.4 Å². The number of methoxy groups -OCH3 is 2. The van der Waals surface area contributed by atoms with Gasteiger partial charge in [-0.2, -0.15) is 0 Å². The number of furan rings is 1. The van der Waals surface area contributed by atoms with Gasteiger partial charge < -0.3 is 19.2 Å². The molecule has 0 aliphatic heterocycles. The second-order valence-corrected chi connectivity index (χ2v) is 6.70. The fraction of sp³-hybridized carbons (Fsp3) is 0.174. The normalized spacial score (nSPS) is 10.4. The van der Waals surface area contributed by atoms with Gasteiger partial charge in [0.05, 0.1) is 25.3 Å². The first-order valence-corrected chi connectivity index (χ1v) is 9.13. The van der Waals surface area contributed by atoms with Crippen LogP contribution in [-0.4, -0.2) is 32.1 Å². The van der Waals surface area contributed by atoms with Gasteiger partial charge in [0.2, 0.25) is 0 Å². The minimum absolute atomic E-state index is 0.0892. The van der Waals surface area contributed by atoms with E-state index in [1.54, 1.807) is 12.1 Å². The van der Waals surface area contributed by atoms with Crippen LogP contribution in [0.5, 0.6) is 0 Å². The summed E-state index contributed by atoms with van der Waals surface area (Å²) in [6.07, 6.45) is 0. The van der Waals surface area contributed by atoms with Crippen molar-refractivity contribution in [1.82, 2.24) is 0 Å². The number of carbonyl (C=O) groups excluding carboxylic acids is 3. The molecule has 1 aromatic heterocycles. The number of hydrogen-bond donors (Lipinski definition) is 1. The van der Waals surface area contributed by atoms with Crippen LogP contribution in [0.3, 0.4) is 0 Å². The molecule has 0 bridgehead atoms. The zero-order valence-corrected chi connectivity index (χ0v) is 17.1. The molecule has 3 aromatic rings. The van der Waals surface area contributed by atoms with Crippen LogP contribution < -0.4 is 5.32 Å². The number of anilines is 1. The maximum atomic E-state index is 12.6. The third-order valence-electron chi connectivity index (χ3n) is 4.65. The lowest BCUT2D eigenvalue weighted by molar-refractivity contribution is 0.0599. The van der Waals surface area contributed by atoms with E-state index in [4.69, 9.17) is 13.9 Å². The molecule has 0 fully saturated rings. The number of aryl methyl sites for hydroxylation is 2. The van der Waals surface area contributed by atoms with Gasteiger partial charge in [0.25, 0.3) is 5.91 Å². The van der Waals surface area contributed by atoms with Crippen molar-refractivity contribution in [3.63, 3.8) is 0 Å². The van der Waals surface area contributed by atoms with Crippen molar-refractivity contribution in [3.05, 3.63) is 76.5 Å². The number of amides is 1. The van der Waals surface area contributed by atoms with Crippen LogP contribution in [0.2, 0.25) is 0 Å². The number of hydrogen-bond acceptors (Lipinski definition) is 6. The molecule has 30 heavy (non-hydrogen) atoms. The van der Waals surface area contributed by atoms with Gasteiger partial charge in [0.15, 0.2) is 5.76 Å². The second kappa shape index (κ2) is 8.65. The fourth-order valence-electron chi connectivity index (χ4n) is 2.87. The average molecular weight is 407 g/mol. The summed E-state index contributed by atoms with van der Waals surface area (Å²) in [6, 6.07) is 13.3. The Morgan fingerprint density at radius 1 is 0.800 bits per heavy atom. The van der Waals surface area contributed by atoms with Crippen molar-refractivity contribution >= 4 is 23.5 Å². The molecule has 2 aromatic carbocycles. The minimum atomic E-state index is -0.647. The largest absolute Gasteiger partial charge is 0.465 e. The Morgan fingerprint density at radius 2 is 1.43 bits per heavy atom. The number of carbonyl (C=O) groups is 3. The SMILES string of the molecule is COC(=O)c1cc(NC(=O)c2ccc(-c3ccc(C)c(C)c3)o2)cc(C(=O)OC)c1. The Hall–Kier alpha value is -3.87. The first kappa shape index (κ1) is 20.9. The molecule has 1 heterocycles. The van der Waals surface area contributed by atoms with Crippen LogP contribution in [0.15, 0.2) is 52.9 Å². The molecule has 7 nitrogen and oxygen atoms in total. The summed E-state index contributed by atoms with van der Waals surface area (Å²) < 4.78 is 15.1. The molecule has 3 rings (SSSR count). The van der Waals surface area contributed by atoms with E-state index in [9.17, 15) is 14.4 Å². The summed E-state index contributed by atoms with van der Waals surface area (Å²) in [7, 11) is 2.45. The summed E-state index contributed by atoms with van der Waals surface area (Å²) >= 11 is 0. The summed E-state index contributed by atoms with van der Waals surface area (Å²) in [4.78, 5) is 36.4. The standard InChI is InChI=1S/C23H21NO6/c1-13-5-6-15(9-14(13)2)19-7-8-20(30-19)21(25)24-18-11-16(22(26)28-3)10-17(12-18)23(27)29-4/h5-12H,1-4H3,(H,24,25). The van der Waals surface area contributed by atoms with Crippen LogP contribution in [-0.2, 0) is 9.47 Å². The molecule has 1 N–H and O–H groups in total. The Labute approximate surface area is 173 Å². The average Bonchev–Trinajstić information content (AvgIpc) is 3.24. The molecule has 0 unspecified atom stereocenters. The fourth-order valence-corrected chi connectivity index (χ4v) is 2.87. The maximum Gasteiger partial charge on any atom is 0.337 e. The van der Waals surface area contributed by atoms with E-state index >= 15 is 0 Å². The van der Waals surface area contributed by atoms with Gasteiger partial charge >= 0.3 is 11.9 Å². The molecule has 0 spiro atoms. The van der Waals surface area contributed by atoms with E-state index < -0.39 is 17.8 Å². The summed E-state index contributed by atoms with van der Waals surface area (Å²) in [5.41, 5.74) is 3.57. The third kappa shape index (κ3) is 4.41. The van der Waals surface area contributed by atoms with E-state index in [1.807, 2.05) is 32.0 Å². The van der Waals surface area contributed by atoms with Gasteiger partial charge in [0, 0.05) is 11.3 Å². The van der Waals surface area contributed by atoms with Crippen LogP contribution in [0.1, 0.15) is 42.4 Å². The molecule has 1 amide bonds. The van der Waals surface area contributed by atoms with E-state index in [2.05, 4.69) is 5.32 Å². The van der Waals surface area contributed by atoms with Gasteiger partial charge in [-0.25, -0.2) is 9.59 Å². The molecule has 0 radical (unpaired) electrons. The molecule has 0 aliphatic carbocycles. The van der Waals surface area contributed by atoms with Gasteiger partial charge in [-0.3, -0.25) is 4.79 Å². The lowest BCUT2D eigenvalue weighted by Gasteiger charge is -2.09. The van der Waals surface area contributed by atoms with E-state index in [-0.39, 0.29) is 22.6 Å². The number of benzene rings is 2. The molecule has 0 saturated carbocycles.